The predicted molar refractivity (Wildman–Crippen MR) is 53.4 cm³/mol. The molecule has 3 atom stereocenters. The fourth-order valence-electron chi connectivity index (χ4n) is 1.45. The molecule has 0 radical (unpaired) electrons. The summed E-state index contributed by atoms with van der Waals surface area (Å²) in [7, 11) is 0. The average Bonchev–Trinajstić information content (AvgIpc) is 2.66. The minimum atomic E-state index is -0.992. The molecule has 1 fully saturated rings. The highest BCUT2D eigenvalue weighted by atomic mass is 16.5. The molecule has 5 nitrogen and oxygen atoms in total. The summed E-state index contributed by atoms with van der Waals surface area (Å²) in [5, 5.41) is 11.5. The van der Waals surface area contributed by atoms with Crippen molar-refractivity contribution in [1.82, 2.24) is 5.32 Å². The highest BCUT2D eigenvalue weighted by molar-refractivity contribution is 5.82. The summed E-state index contributed by atoms with van der Waals surface area (Å²) < 4.78 is 5.12. The second-order valence-corrected chi connectivity index (χ2v) is 3.85. The maximum Gasteiger partial charge on any atom is 0.332 e. The second kappa shape index (κ2) is 5.11. The predicted octanol–water partition coefficient (Wildman–Crippen LogP) is 0.533. The van der Waals surface area contributed by atoms with Crippen LogP contribution in [0.15, 0.2) is 0 Å². The normalized spacial score (nSPS) is 27.3. The third-order valence-electron chi connectivity index (χ3n) is 2.59. The van der Waals surface area contributed by atoms with E-state index in [-0.39, 0.29) is 11.9 Å². The third-order valence-corrected chi connectivity index (χ3v) is 2.59. The van der Waals surface area contributed by atoms with Gasteiger partial charge in [0, 0.05) is 6.04 Å². The van der Waals surface area contributed by atoms with Crippen LogP contribution in [0.5, 0.6) is 0 Å². The van der Waals surface area contributed by atoms with Crippen molar-refractivity contribution < 1.29 is 19.4 Å². The number of amides is 1. The van der Waals surface area contributed by atoms with E-state index in [1.165, 1.54) is 0 Å². The molecular weight excluding hydrogens is 198 g/mol. The van der Waals surface area contributed by atoms with Crippen LogP contribution < -0.4 is 5.32 Å². The van der Waals surface area contributed by atoms with Gasteiger partial charge in [-0.1, -0.05) is 6.92 Å². The van der Waals surface area contributed by atoms with Crippen molar-refractivity contribution in [3.8, 4) is 0 Å². The van der Waals surface area contributed by atoms with Gasteiger partial charge < -0.3 is 15.2 Å². The molecular formula is C10H17NO4. The summed E-state index contributed by atoms with van der Waals surface area (Å²) in [5.74, 6) is -1.19. The maximum atomic E-state index is 11.6. The Morgan fingerprint density at radius 3 is 2.53 bits per heavy atom. The van der Waals surface area contributed by atoms with Crippen LogP contribution in [-0.2, 0) is 14.3 Å². The number of hydrogen-bond acceptors (Lipinski definition) is 3. The maximum absolute atomic E-state index is 11.6. The lowest BCUT2D eigenvalue weighted by Gasteiger charge is -2.15. The van der Waals surface area contributed by atoms with Gasteiger partial charge in [0.15, 0.2) is 6.10 Å². The molecule has 0 aromatic heterocycles. The summed E-state index contributed by atoms with van der Waals surface area (Å²) in [4.78, 5) is 22.1. The van der Waals surface area contributed by atoms with Crippen LogP contribution in [0.3, 0.4) is 0 Å². The molecule has 3 unspecified atom stereocenters. The van der Waals surface area contributed by atoms with Crippen LogP contribution in [0.1, 0.15) is 33.1 Å². The molecule has 1 aliphatic heterocycles. The minimum Gasteiger partial charge on any atom is -0.479 e. The van der Waals surface area contributed by atoms with Crippen molar-refractivity contribution in [1.29, 1.82) is 0 Å². The van der Waals surface area contributed by atoms with Crippen LogP contribution in [-0.4, -0.2) is 35.2 Å². The Hall–Kier alpha value is -1.10. The minimum absolute atomic E-state index is 0.102. The molecule has 5 heteroatoms. The van der Waals surface area contributed by atoms with E-state index < -0.39 is 18.2 Å². The Balaban J connectivity index is 2.40. The largest absolute Gasteiger partial charge is 0.479 e. The van der Waals surface area contributed by atoms with Gasteiger partial charge in [-0.3, -0.25) is 4.79 Å². The molecule has 1 aliphatic rings. The van der Waals surface area contributed by atoms with Crippen molar-refractivity contribution >= 4 is 11.9 Å². The van der Waals surface area contributed by atoms with E-state index in [9.17, 15) is 9.59 Å². The van der Waals surface area contributed by atoms with Crippen LogP contribution >= 0.6 is 0 Å². The van der Waals surface area contributed by atoms with Crippen molar-refractivity contribution in [2.75, 3.05) is 0 Å². The van der Waals surface area contributed by atoms with Crippen molar-refractivity contribution in [3.05, 3.63) is 0 Å². The average molecular weight is 215 g/mol. The Kier molecular flexibility index (Phi) is 4.08. The molecule has 1 heterocycles. The first-order chi connectivity index (χ1) is 7.04. The smallest absolute Gasteiger partial charge is 0.332 e. The first kappa shape index (κ1) is 12.0. The molecule has 1 rings (SSSR count). The number of carboxylic acid groups (broad SMARTS) is 1. The number of nitrogens with one attached hydrogen (secondary N) is 1. The molecule has 15 heavy (non-hydrogen) atoms. The quantitative estimate of drug-likeness (QED) is 0.717. The molecule has 1 saturated heterocycles. The van der Waals surface area contributed by atoms with Crippen LogP contribution in [0.2, 0.25) is 0 Å². The highest BCUT2D eigenvalue weighted by Gasteiger charge is 2.34. The lowest BCUT2D eigenvalue weighted by atomic mass is 10.1. The number of carbonyl (C=O) groups excluding carboxylic acids is 1. The number of rotatable bonds is 4. The van der Waals surface area contributed by atoms with Crippen LogP contribution in [0.4, 0.5) is 0 Å². The third kappa shape index (κ3) is 3.20. The Morgan fingerprint density at radius 1 is 1.47 bits per heavy atom. The summed E-state index contributed by atoms with van der Waals surface area (Å²) in [6.45, 7) is 3.88. The molecule has 0 saturated carbocycles. The zero-order valence-electron chi connectivity index (χ0n) is 9.03. The highest BCUT2D eigenvalue weighted by Crippen LogP contribution is 2.20. The van der Waals surface area contributed by atoms with Crippen LogP contribution in [0, 0.1) is 0 Å². The van der Waals surface area contributed by atoms with Gasteiger partial charge in [0.1, 0.15) is 6.10 Å². The summed E-state index contributed by atoms with van der Waals surface area (Å²) >= 11 is 0. The first-order valence-electron chi connectivity index (χ1n) is 5.23. The zero-order chi connectivity index (χ0) is 11.4. The van der Waals surface area contributed by atoms with Gasteiger partial charge in [-0.25, -0.2) is 4.79 Å². The fraction of sp³-hybridized carbons (Fsp3) is 0.800. The molecule has 2 N–H and O–H groups in total. The Morgan fingerprint density at radius 2 is 2.07 bits per heavy atom. The van der Waals surface area contributed by atoms with Crippen molar-refractivity contribution in [3.63, 3.8) is 0 Å². The van der Waals surface area contributed by atoms with E-state index in [0.29, 0.717) is 12.8 Å². The number of carboxylic acids is 1. The van der Waals surface area contributed by atoms with Gasteiger partial charge in [-0.05, 0) is 26.2 Å². The lowest BCUT2D eigenvalue weighted by Crippen LogP contribution is -2.40. The standard InChI is InChI=1S/C10H17NO4/c1-3-6(2)11-9(12)7-4-5-8(15-7)10(13)14/h6-8H,3-5H2,1-2H3,(H,11,12)(H,13,14). The van der Waals surface area contributed by atoms with E-state index in [4.69, 9.17) is 9.84 Å². The summed E-state index contributed by atoms with van der Waals surface area (Å²) in [5.41, 5.74) is 0. The van der Waals surface area contributed by atoms with E-state index in [0.717, 1.165) is 6.42 Å². The van der Waals surface area contributed by atoms with Crippen molar-refractivity contribution in [2.24, 2.45) is 0 Å². The van der Waals surface area contributed by atoms with E-state index in [1.54, 1.807) is 0 Å². The monoisotopic (exact) mass is 215 g/mol. The van der Waals surface area contributed by atoms with E-state index >= 15 is 0 Å². The van der Waals surface area contributed by atoms with E-state index in [1.807, 2.05) is 13.8 Å². The second-order valence-electron chi connectivity index (χ2n) is 3.85. The number of ether oxygens (including phenoxy) is 1. The van der Waals surface area contributed by atoms with Gasteiger partial charge in [0.05, 0.1) is 0 Å². The summed E-state index contributed by atoms with van der Waals surface area (Å²) in [6, 6.07) is 0.102. The van der Waals surface area contributed by atoms with Gasteiger partial charge in [0.2, 0.25) is 5.91 Å². The number of hydrogen-bond donors (Lipinski definition) is 2. The fourth-order valence-corrected chi connectivity index (χ4v) is 1.45. The number of carbonyl (C=O) groups is 2. The Labute approximate surface area is 88.8 Å². The molecule has 0 aromatic rings. The molecule has 0 spiro atoms. The Bertz CT molecular complexity index is 254. The van der Waals surface area contributed by atoms with Gasteiger partial charge >= 0.3 is 5.97 Å². The summed E-state index contributed by atoms with van der Waals surface area (Å²) in [6.07, 6.45) is 0.325. The van der Waals surface area contributed by atoms with Gasteiger partial charge in [-0.2, -0.15) is 0 Å². The van der Waals surface area contributed by atoms with Crippen LogP contribution in [0.25, 0.3) is 0 Å². The molecule has 0 aromatic carbocycles. The van der Waals surface area contributed by atoms with Crippen molar-refractivity contribution in [2.45, 2.75) is 51.4 Å². The molecule has 86 valence electrons. The van der Waals surface area contributed by atoms with Gasteiger partial charge in [0.25, 0.3) is 0 Å². The zero-order valence-corrected chi connectivity index (χ0v) is 9.03. The molecule has 0 aliphatic carbocycles. The number of aliphatic carboxylic acids is 1. The lowest BCUT2D eigenvalue weighted by molar-refractivity contribution is -0.151. The SMILES string of the molecule is CCC(C)NC(=O)C1CCC(C(=O)O)O1. The van der Waals surface area contributed by atoms with Gasteiger partial charge in [-0.15, -0.1) is 0 Å². The molecule has 1 amide bonds. The topological polar surface area (TPSA) is 75.6 Å². The molecule has 0 bridgehead atoms. The van der Waals surface area contributed by atoms with E-state index in [2.05, 4.69) is 5.32 Å². The first-order valence-corrected chi connectivity index (χ1v) is 5.23.